The predicted molar refractivity (Wildman–Crippen MR) is 69.3 cm³/mol. The third-order valence-electron chi connectivity index (χ3n) is 2.47. The number of halogens is 1. The Kier molecular flexibility index (Phi) is 3.53. The molecule has 0 spiro atoms. The third-order valence-corrected chi connectivity index (χ3v) is 2.71. The Bertz CT molecular complexity index is 580. The molecular weight excluding hydrogens is 254 g/mol. The molecule has 5 nitrogen and oxygen atoms in total. The van der Waals surface area contributed by atoms with Crippen LogP contribution in [0.2, 0.25) is 5.02 Å². The number of aromatic nitrogens is 2. The van der Waals surface area contributed by atoms with Gasteiger partial charge in [0.25, 0.3) is 5.91 Å². The second-order valence-electron chi connectivity index (χ2n) is 3.73. The number of anilines is 1. The lowest BCUT2D eigenvalue weighted by atomic mass is 10.2. The Balaban J connectivity index is 2.29. The van der Waals surface area contributed by atoms with Crippen LogP contribution >= 0.6 is 11.6 Å². The number of hydrogen-bond donors (Lipinski definition) is 2. The molecule has 18 heavy (non-hydrogen) atoms. The molecule has 2 aromatic rings. The summed E-state index contributed by atoms with van der Waals surface area (Å²) in [5.74, 6) is 0.720. The van der Waals surface area contributed by atoms with Crippen molar-refractivity contribution in [1.29, 1.82) is 0 Å². The molecule has 0 aliphatic carbocycles. The first-order valence-electron chi connectivity index (χ1n) is 5.26. The molecule has 1 aromatic heterocycles. The van der Waals surface area contributed by atoms with Crippen LogP contribution in [0.15, 0.2) is 24.4 Å². The number of ether oxygens (including phenoxy) is 1. The number of H-pyrrole nitrogens is 1. The molecule has 2 N–H and O–H groups in total. The summed E-state index contributed by atoms with van der Waals surface area (Å²) in [4.78, 5) is 12.1. The molecule has 0 radical (unpaired) electrons. The van der Waals surface area contributed by atoms with Crippen LogP contribution in [0, 0.1) is 6.92 Å². The molecule has 6 heteroatoms. The van der Waals surface area contributed by atoms with Gasteiger partial charge in [0, 0.05) is 10.6 Å². The fraction of sp³-hybridized carbons (Fsp3) is 0.167. The molecule has 0 atom stereocenters. The van der Waals surface area contributed by atoms with Gasteiger partial charge in [-0.25, -0.2) is 0 Å². The molecule has 0 bridgehead atoms. The fourth-order valence-corrected chi connectivity index (χ4v) is 1.68. The highest BCUT2D eigenvalue weighted by Crippen LogP contribution is 2.23. The second kappa shape index (κ2) is 5.10. The Morgan fingerprint density at radius 3 is 2.89 bits per heavy atom. The number of carbonyl (C=O) groups is 1. The van der Waals surface area contributed by atoms with Crippen LogP contribution in [0.5, 0.6) is 5.75 Å². The van der Waals surface area contributed by atoms with Gasteiger partial charge in [-0.05, 0) is 25.1 Å². The van der Waals surface area contributed by atoms with Crippen LogP contribution in [0.25, 0.3) is 0 Å². The summed E-state index contributed by atoms with van der Waals surface area (Å²) in [6, 6.07) is 4.87. The Morgan fingerprint density at radius 1 is 1.50 bits per heavy atom. The number of hydrogen-bond acceptors (Lipinski definition) is 3. The largest absolute Gasteiger partial charge is 0.496 e. The molecule has 0 unspecified atom stereocenters. The summed E-state index contributed by atoms with van der Waals surface area (Å²) < 4.78 is 5.13. The zero-order valence-electron chi connectivity index (χ0n) is 9.95. The van der Waals surface area contributed by atoms with E-state index in [4.69, 9.17) is 16.3 Å². The minimum atomic E-state index is -0.304. The number of aromatic amines is 1. The van der Waals surface area contributed by atoms with Gasteiger partial charge >= 0.3 is 0 Å². The van der Waals surface area contributed by atoms with Gasteiger partial charge in [-0.3, -0.25) is 9.89 Å². The maximum Gasteiger partial charge on any atom is 0.260 e. The van der Waals surface area contributed by atoms with Crippen LogP contribution in [-0.4, -0.2) is 23.2 Å². The molecule has 0 fully saturated rings. The van der Waals surface area contributed by atoms with Gasteiger partial charge in [-0.2, -0.15) is 5.10 Å². The molecule has 0 aliphatic heterocycles. The van der Waals surface area contributed by atoms with Gasteiger partial charge in [0.05, 0.1) is 18.9 Å². The number of carbonyl (C=O) groups excluding carboxylic acids is 1. The summed E-state index contributed by atoms with van der Waals surface area (Å²) in [6.07, 6.45) is 1.63. The number of rotatable bonds is 3. The van der Waals surface area contributed by atoms with Crippen molar-refractivity contribution in [2.75, 3.05) is 12.4 Å². The van der Waals surface area contributed by atoms with Crippen molar-refractivity contribution in [1.82, 2.24) is 10.2 Å². The zero-order chi connectivity index (χ0) is 13.1. The minimum Gasteiger partial charge on any atom is -0.496 e. The van der Waals surface area contributed by atoms with E-state index in [0.717, 1.165) is 5.56 Å². The summed E-state index contributed by atoms with van der Waals surface area (Å²) in [7, 11) is 1.50. The lowest BCUT2D eigenvalue weighted by Crippen LogP contribution is -2.14. The SMILES string of the molecule is COc1ccc(Cl)cc1C(=O)Nc1[nH]ncc1C. The Morgan fingerprint density at radius 2 is 2.28 bits per heavy atom. The number of aryl methyl sites for hydroxylation is 1. The van der Waals surface area contributed by atoms with E-state index < -0.39 is 0 Å². The summed E-state index contributed by atoms with van der Waals surface area (Å²) in [5, 5.41) is 9.72. The second-order valence-corrected chi connectivity index (χ2v) is 4.16. The minimum absolute atomic E-state index is 0.304. The Labute approximate surface area is 109 Å². The average Bonchev–Trinajstić information content (AvgIpc) is 2.75. The highest BCUT2D eigenvalue weighted by atomic mass is 35.5. The van der Waals surface area contributed by atoms with Gasteiger partial charge in [0.15, 0.2) is 0 Å². The topological polar surface area (TPSA) is 67.0 Å². The van der Waals surface area contributed by atoms with E-state index in [1.807, 2.05) is 6.92 Å². The van der Waals surface area contributed by atoms with E-state index in [-0.39, 0.29) is 5.91 Å². The molecule has 1 heterocycles. The maximum absolute atomic E-state index is 12.1. The smallest absolute Gasteiger partial charge is 0.260 e. The van der Waals surface area contributed by atoms with Crippen molar-refractivity contribution in [2.45, 2.75) is 6.92 Å². The van der Waals surface area contributed by atoms with Gasteiger partial charge in [-0.15, -0.1) is 0 Å². The molecule has 1 aromatic carbocycles. The van der Waals surface area contributed by atoms with Crippen molar-refractivity contribution in [3.8, 4) is 5.75 Å². The van der Waals surface area contributed by atoms with Crippen molar-refractivity contribution in [2.24, 2.45) is 0 Å². The van der Waals surface area contributed by atoms with E-state index in [2.05, 4.69) is 15.5 Å². The molecule has 2 rings (SSSR count). The van der Waals surface area contributed by atoms with Gasteiger partial charge in [-0.1, -0.05) is 11.6 Å². The highest BCUT2D eigenvalue weighted by Gasteiger charge is 2.14. The normalized spacial score (nSPS) is 10.2. The summed E-state index contributed by atoms with van der Waals surface area (Å²) in [5.41, 5.74) is 1.23. The summed E-state index contributed by atoms with van der Waals surface area (Å²) in [6.45, 7) is 1.84. The quantitative estimate of drug-likeness (QED) is 0.896. The van der Waals surface area contributed by atoms with E-state index >= 15 is 0 Å². The van der Waals surface area contributed by atoms with Crippen LogP contribution in [-0.2, 0) is 0 Å². The lowest BCUT2D eigenvalue weighted by molar-refractivity contribution is 0.102. The van der Waals surface area contributed by atoms with E-state index in [1.54, 1.807) is 24.4 Å². The van der Waals surface area contributed by atoms with Crippen LogP contribution in [0.3, 0.4) is 0 Å². The molecule has 94 valence electrons. The van der Waals surface area contributed by atoms with Crippen molar-refractivity contribution in [3.05, 3.63) is 40.5 Å². The zero-order valence-corrected chi connectivity index (χ0v) is 10.7. The first-order valence-corrected chi connectivity index (χ1v) is 5.64. The highest BCUT2D eigenvalue weighted by molar-refractivity contribution is 6.31. The van der Waals surface area contributed by atoms with E-state index in [1.165, 1.54) is 7.11 Å². The van der Waals surface area contributed by atoms with Crippen molar-refractivity contribution >= 4 is 23.3 Å². The van der Waals surface area contributed by atoms with E-state index in [0.29, 0.717) is 22.2 Å². The van der Waals surface area contributed by atoms with Crippen molar-refractivity contribution in [3.63, 3.8) is 0 Å². The van der Waals surface area contributed by atoms with Crippen LogP contribution in [0.4, 0.5) is 5.82 Å². The number of benzene rings is 1. The first-order chi connectivity index (χ1) is 8.61. The number of nitrogens with one attached hydrogen (secondary N) is 2. The van der Waals surface area contributed by atoms with Crippen LogP contribution in [0.1, 0.15) is 15.9 Å². The molecular formula is C12H12ClN3O2. The summed E-state index contributed by atoms with van der Waals surface area (Å²) >= 11 is 5.88. The van der Waals surface area contributed by atoms with Gasteiger partial charge in [0.2, 0.25) is 0 Å². The lowest BCUT2D eigenvalue weighted by Gasteiger charge is -2.09. The predicted octanol–water partition coefficient (Wildman–Crippen LogP) is 2.63. The number of methoxy groups -OCH3 is 1. The monoisotopic (exact) mass is 265 g/mol. The standard InChI is InChI=1S/C12H12ClN3O2/c1-7-6-14-16-11(7)15-12(17)9-5-8(13)3-4-10(9)18-2/h3-6H,1-2H3,(H2,14,15,16,17). The number of amides is 1. The third kappa shape index (κ3) is 2.46. The molecule has 0 saturated heterocycles. The molecule has 0 saturated carbocycles. The number of nitrogens with zero attached hydrogens (tertiary/aromatic N) is 1. The Hall–Kier alpha value is -2.01. The fourth-order valence-electron chi connectivity index (χ4n) is 1.51. The average molecular weight is 266 g/mol. The van der Waals surface area contributed by atoms with Crippen LogP contribution < -0.4 is 10.1 Å². The van der Waals surface area contributed by atoms with Gasteiger partial charge < -0.3 is 10.1 Å². The molecule has 1 amide bonds. The van der Waals surface area contributed by atoms with E-state index in [9.17, 15) is 4.79 Å². The van der Waals surface area contributed by atoms with Gasteiger partial charge in [0.1, 0.15) is 11.6 Å². The first kappa shape index (κ1) is 12.4. The maximum atomic E-state index is 12.1. The molecule has 0 aliphatic rings. The van der Waals surface area contributed by atoms with Crippen molar-refractivity contribution < 1.29 is 9.53 Å².